The predicted molar refractivity (Wildman–Crippen MR) is 65.9 cm³/mol. The van der Waals surface area contributed by atoms with Crippen LogP contribution in [0.1, 0.15) is 44.8 Å². The van der Waals surface area contributed by atoms with Crippen molar-refractivity contribution >= 4 is 0 Å². The summed E-state index contributed by atoms with van der Waals surface area (Å²) >= 11 is 0. The molecule has 0 bridgehead atoms. The Balaban J connectivity index is 2.57. The average Bonchev–Trinajstić information content (AvgIpc) is 2.71. The van der Waals surface area contributed by atoms with E-state index in [2.05, 4.69) is 35.6 Å². The van der Waals surface area contributed by atoms with Crippen molar-refractivity contribution in [3.05, 3.63) is 11.7 Å². The standard InChI is InChI=1S/C12H20F3N3O2/c1-11(2,3)4-8(5-16)10-17-9(18-20-10)6-19-7-12(13,14)15/h8H,4-7,16H2,1-3H3. The van der Waals surface area contributed by atoms with Crippen LogP contribution in [0.5, 0.6) is 0 Å². The molecular weight excluding hydrogens is 275 g/mol. The summed E-state index contributed by atoms with van der Waals surface area (Å²) in [5, 5.41) is 3.60. The van der Waals surface area contributed by atoms with E-state index < -0.39 is 12.8 Å². The molecular formula is C12H20F3N3O2. The van der Waals surface area contributed by atoms with Gasteiger partial charge >= 0.3 is 6.18 Å². The molecule has 1 atom stereocenters. The lowest BCUT2D eigenvalue weighted by molar-refractivity contribution is -0.177. The van der Waals surface area contributed by atoms with Crippen LogP contribution in [0.2, 0.25) is 0 Å². The summed E-state index contributed by atoms with van der Waals surface area (Å²) in [5.41, 5.74) is 5.70. The minimum atomic E-state index is -4.36. The molecule has 5 nitrogen and oxygen atoms in total. The smallest absolute Gasteiger partial charge is 0.364 e. The molecule has 1 aromatic rings. The van der Waals surface area contributed by atoms with Crippen LogP contribution >= 0.6 is 0 Å². The summed E-state index contributed by atoms with van der Waals surface area (Å²) in [6.45, 7) is 4.83. The van der Waals surface area contributed by atoms with E-state index in [1.807, 2.05) is 0 Å². The van der Waals surface area contributed by atoms with Crippen LogP contribution in [-0.2, 0) is 11.3 Å². The van der Waals surface area contributed by atoms with Crippen LogP contribution in [0, 0.1) is 5.41 Å². The lowest BCUT2D eigenvalue weighted by atomic mass is 9.84. The molecule has 0 aliphatic heterocycles. The minimum absolute atomic E-state index is 0.0332. The summed E-state index contributed by atoms with van der Waals surface area (Å²) in [4.78, 5) is 4.04. The number of nitrogens with zero attached hydrogens (tertiary/aromatic N) is 2. The minimum Gasteiger partial charge on any atom is -0.364 e. The molecule has 0 fully saturated rings. The van der Waals surface area contributed by atoms with Gasteiger partial charge in [0.15, 0.2) is 5.82 Å². The Kier molecular flexibility index (Phi) is 5.52. The van der Waals surface area contributed by atoms with Crippen LogP contribution in [-0.4, -0.2) is 29.5 Å². The number of aromatic nitrogens is 2. The van der Waals surface area contributed by atoms with Crippen molar-refractivity contribution < 1.29 is 22.4 Å². The van der Waals surface area contributed by atoms with Crippen molar-refractivity contribution in [2.45, 2.75) is 45.9 Å². The van der Waals surface area contributed by atoms with E-state index in [1.54, 1.807) is 0 Å². The monoisotopic (exact) mass is 295 g/mol. The fourth-order valence-corrected chi connectivity index (χ4v) is 1.76. The molecule has 0 saturated carbocycles. The highest BCUT2D eigenvalue weighted by Gasteiger charge is 2.28. The third-order valence-electron chi connectivity index (χ3n) is 2.47. The van der Waals surface area contributed by atoms with Crippen LogP contribution in [0.3, 0.4) is 0 Å². The van der Waals surface area contributed by atoms with Gasteiger partial charge in [-0.05, 0) is 11.8 Å². The van der Waals surface area contributed by atoms with Gasteiger partial charge in [0.2, 0.25) is 5.89 Å². The number of nitrogens with two attached hydrogens (primary N) is 1. The van der Waals surface area contributed by atoms with Crippen molar-refractivity contribution in [3.63, 3.8) is 0 Å². The van der Waals surface area contributed by atoms with Gasteiger partial charge in [-0.25, -0.2) is 0 Å². The first kappa shape index (κ1) is 16.9. The van der Waals surface area contributed by atoms with Crippen molar-refractivity contribution in [2.24, 2.45) is 11.1 Å². The Morgan fingerprint density at radius 1 is 1.30 bits per heavy atom. The van der Waals surface area contributed by atoms with E-state index in [-0.39, 0.29) is 23.8 Å². The Morgan fingerprint density at radius 2 is 1.95 bits per heavy atom. The zero-order chi connectivity index (χ0) is 15.4. The number of rotatable bonds is 6. The normalized spacial score (nSPS) is 14.6. The average molecular weight is 295 g/mol. The van der Waals surface area contributed by atoms with Crippen LogP contribution < -0.4 is 5.73 Å². The molecule has 1 unspecified atom stereocenters. The third-order valence-corrected chi connectivity index (χ3v) is 2.47. The second kappa shape index (κ2) is 6.53. The van der Waals surface area contributed by atoms with Crippen molar-refractivity contribution in [1.29, 1.82) is 0 Å². The fourth-order valence-electron chi connectivity index (χ4n) is 1.76. The number of ether oxygens (including phenoxy) is 1. The van der Waals surface area contributed by atoms with Gasteiger partial charge in [-0.15, -0.1) is 0 Å². The molecule has 0 aromatic carbocycles. The Bertz CT molecular complexity index is 413. The van der Waals surface area contributed by atoms with Gasteiger partial charge in [-0.3, -0.25) is 0 Å². The molecule has 0 amide bonds. The van der Waals surface area contributed by atoms with E-state index in [0.29, 0.717) is 12.4 Å². The molecule has 116 valence electrons. The molecule has 0 aliphatic rings. The van der Waals surface area contributed by atoms with Crippen LogP contribution in [0.25, 0.3) is 0 Å². The van der Waals surface area contributed by atoms with E-state index in [0.717, 1.165) is 6.42 Å². The van der Waals surface area contributed by atoms with Crippen LogP contribution in [0.4, 0.5) is 13.2 Å². The lowest BCUT2D eigenvalue weighted by Crippen LogP contribution is -2.20. The maximum Gasteiger partial charge on any atom is 0.411 e. The molecule has 1 heterocycles. The summed E-state index contributed by atoms with van der Waals surface area (Å²) in [5.74, 6) is 0.323. The molecule has 0 aliphatic carbocycles. The van der Waals surface area contributed by atoms with Crippen molar-refractivity contribution in [3.8, 4) is 0 Å². The first-order valence-corrected chi connectivity index (χ1v) is 6.28. The van der Waals surface area contributed by atoms with Gasteiger partial charge < -0.3 is 15.0 Å². The Morgan fingerprint density at radius 3 is 2.45 bits per heavy atom. The first-order chi connectivity index (χ1) is 9.11. The van der Waals surface area contributed by atoms with E-state index in [1.165, 1.54) is 0 Å². The maximum absolute atomic E-state index is 11.9. The molecule has 8 heteroatoms. The van der Waals surface area contributed by atoms with Gasteiger partial charge in [0.25, 0.3) is 0 Å². The maximum atomic E-state index is 11.9. The Hall–Kier alpha value is -1.15. The highest BCUT2D eigenvalue weighted by molar-refractivity contribution is 4.95. The third kappa shape index (κ3) is 6.33. The molecule has 1 aromatic heterocycles. The molecule has 2 N–H and O–H groups in total. The van der Waals surface area contributed by atoms with E-state index >= 15 is 0 Å². The zero-order valence-electron chi connectivity index (χ0n) is 11.8. The highest BCUT2D eigenvalue weighted by Crippen LogP contribution is 2.29. The fraction of sp³-hybridized carbons (Fsp3) is 0.833. The number of hydrogen-bond donors (Lipinski definition) is 1. The predicted octanol–water partition coefficient (Wildman–Crippen LogP) is 2.63. The number of hydrogen-bond acceptors (Lipinski definition) is 5. The lowest BCUT2D eigenvalue weighted by Gasteiger charge is -2.22. The molecule has 0 spiro atoms. The van der Waals surface area contributed by atoms with Crippen molar-refractivity contribution in [1.82, 2.24) is 10.1 Å². The summed E-state index contributed by atoms with van der Waals surface area (Å²) in [7, 11) is 0. The van der Waals surface area contributed by atoms with E-state index in [9.17, 15) is 13.2 Å². The first-order valence-electron chi connectivity index (χ1n) is 6.28. The molecule has 1 rings (SSSR count). The zero-order valence-corrected chi connectivity index (χ0v) is 11.8. The second-order valence-corrected chi connectivity index (χ2v) is 5.85. The number of alkyl halides is 3. The second-order valence-electron chi connectivity index (χ2n) is 5.85. The SMILES string of the molecule is CC(C)(C)CC(CN)c1nc(COCC(F)(F)F)no1. The van der Waals surface area contributed by atoms with Gasteiger partial charge in [0.05, 0.1) is 5.92 Å². The van der Waals surface area contributed by atoms with Gasteiger partial charge in [0.1, 0.15) is 13.2 Å². The van der Waals surface area contributed by atoms with E-state index in [4.69, 9.17) is 10.3 Å². The van der Waals surface area contributed by atoms with Crippen molar-refractivity contribution in [2.75, 3.05) is 13.2 Å². The topological polar surface area (TPSA) is 74.2 Å². The molecule has 20 heavy (non-hydrogen) atoms. The highest BCUT2D eigenvalue weighted by atomic mass is 19.4. The summed E-state index contributed by atoms with van der Waals surface area (Å²) in [6, 6.07) is 0. The van der Waals surface area contributed by atoms with Gasteiger partial charge in [0, 0.05) is 6.54 Å². The number of halogens is 3. The quantitative estimate of drug-likeness (QED) is 0.873. The van der Waals surface area contributed by atoms with Gasteiger partial charge in [-0.2, -0.15) is 18.2 Å². The Labute approximate surface area is 115 Å². The van der Waals surface area contributed by atoms with Gasteiger partial charge in [-0.1, -0.05) is 25.9 Å². The molecule has 0 radical (unpaired) electrons. The summed E-state index contributed by atoms with van der Waals surface area (Å²) in [6.07, 6.45) is -3.62. The largest absolute Gasteiger partial charge is 0.411 e. The van der Waals surface area contributed by atoms with Crippen LogP contribution in [0.15, 0.2) is 4.52 Å². The summed E-state index contributed by atoms with van der Waals surface area (Å²) < 4.78 is 45.3. The molecule has 0 saturated heterocycles.